The zero-order valence-electron chi connectivity index (χ0n) is 37.6. The molecule has 0 aliphatic rings. The van der Waals surface area contributed by atoms with Crippen LogP contribution in [0.4, 0.5) is 0 Å². The smallest absolute Gasteiger partial charge is 0.311 e. The largest absolute Gasteiger partial charge is 0.437 e. The lowest BCUT2D eigenvalue weighted by Crippen LogP contribution is -2.52. The Morgan fingerprint density at radius 2 is 0.949 bits per heavy atom. The molecular weight excluding hydrogens is 837 g/mol. The molecule has 4 atom stereocenters. The van der Waals surface area contributed by atoms with Crippen molar-refractivity contribution in [3.05, 3.63) is 0 Å². The van der Waals surface area contributed by atoms with Crippen molar-refractivity contribution in [3.8, 4) is 0 Å². The topological polar surface area (TPSA) is 279 Å². The number of ether oxygens (including phenoxy) is 2. The van der Waals surface area contributed by atoms with Gasteiger partial charge in [-0.2, -0.15) is 8.42 Å². The standard InChI is InChI=1S/C36H88N8O11SSi3/c1-33(45)26-39-12-18-43(16-10-37)19-13-40-27-34(46)30-52-22-8-24-57(2,3)54-59(6,7)55-58(4,5)25-9-23-53-31-35(47)28-41-14-20-44(17-11-38)21-15-42-29-36(48)32-56(49,50)51/h33-36,39-42,45-48H,8-32,37-38H2,1-7H3,(H,49,50,51). The molecule has 4 unspecified atom stereocenters. The maximum Gasteiger partial charge on any atom is 0.311 e. The Kier molecular flexibility index (Phi) is 33.4. The van der Waals surface area contributed by atoms with Gasteiger partial charge in [0.1, 0.15) is 5.75 Å². The number of aliphatic hydroxyl groups excluding tert-OH is 4. The Labute approximate surface area is 360 Å². The van der Waals surface area contributed by atoms with Gasteiger partial charge in [0.15, 0.2) is 16.6 Å². The Balaban J connectivity index is 4.21. The Morgan fingerprint density at radius 3 is 1.29 bits per heavy atom. The van der Waals surface area contributed by atoms with Gasteiger partial charge in [-0.15, -0.1) is 0 Å². The summed E-state index contributed by atoms with van der Waals surface area (Å²) in [6.45, 7) is 26.3. The van der Waals surface area contributed by atoms with Gasteiger partial charge in [0, 0.05) is 118 Å². The van der Waals surface area contributed by atoms with E-state index in [1.165, 1.54) is 0 Å². The molecule has 0 spiro atoms. The Hall–Kier alpha value is -0.0794. The normalized spacial score (nSPS) is 15.3. The summed E-state index contributed by atoms with van der Waals surface area (Å²) in [6.07, 6.45) is -1.06. The van der Waals surface area contributed by atoms with Gasteiger partial charge in [0.05, 0.1) is 37.6 Å². The highest BCUT2D eigenvalue weighted by atomic mass is 32.2. The van der Waals surface area contributed by atoms with E-state index in [0.29, 0.717) is 78.7 Å². The minimum absolute atomic E-state index is 0.0530. The number of aliphatic hydroxyl groups is 4. The molecule has 0 aromatic heterocycles. The molecule has 0 aromatic rings. The van der Waals surface area contributed by atoms with Gasteiger partial charge in [-0.1, -0.05) is 0 Å². The fourth-order valence-electron chi connectivity index (χ4n) is 6.61. The molecule has 0 amide bonds. The second-order valence-electron chi connectivity index (χ2n) is 17.1. The maximum absolute atomic E-state index is 10.9. The predicted octanol–water partition coefficient (Wildman–Crippen LogP) is -1.82. The number of nitrogens with two attached hydrogens (primary N) is 2. The molecule has 0 bridgehead atoms. The molecule has 0 aliphatic carbocycles. The van der Waals surface area contributed by atoms with Crippen molar-refractivity contribution in [1.82, 2.24) is 31.1 Å². The third kappa shape index (κ3) is 38.1. The van der Waals surface area contributed by atoms with Crippen LogP contribution < -0.4 is 32.7 Å². The number of hydrogen-bond donors (Lipinski definition) is 11. The predicted molar refractivity (Wildman–Crippen MR) is 244 cm³/mol. The molecule has 0 rings (SSSR count). The molecule has 13 N–H and O–H groups in total. The van der Waals surface area contributed by atoms with E-state index < -0.39 is 59.4 Å². The molecule has 0 saturated heterocycles. The van der Waals surface area contributed by atoms with E-state index >= 15 is 0 Å². The van der Waals surface area contributed by atoms with Crippen LogP contribution in [-0.4, -0.2) is 230 Å². The first-order chi connectivity index (χ1) is 27.6. The molecule has 19 nitrogen and oxygen atoms in total. The van der Waals surface area contributed by atoms with Gasteiger partial charge in [0.25, 0.3) is 10.1 Å². The highest BCUT2D eigenvalue weighted by molar-refractivity contribution is 7.85. The van der Waals surface area contributed by atoms with E-state index in [9.17, 15) is 28.8 Å². The third-order valence-electron chi connectivity index (χ3n) is 9.09. The summed E-state index contributed by atoms with van der Waals surface area (Å²) in [4.78, 5) is 4.38. The zero-order chi connectivity index (χ0) is 44.8. The molecule has 356 valence electrons. The molecule has 59 heavy (non-hydrogen) atoms. The summed E-state index contributed by atoms with van der Waals surface area (Å²) in [6, 6.07) is 1.87. The van der Waals surface area contributed by atoms with E-state index in [1.807, 2.05) is 0 Å². The van der Waals surface area contributed by atoms with Gasteiger partial charge >= 0.3 is 8.56 Å². The summed E-state index contributed by atoms with van der Waals surface area (Å²) < 4.78 is 55.6. The lowest BCUT2D eigenvalue weighted by Gasteiger charge is -2.38. The van der Waals surface area contributed by atoms with Gasteiger partial charge < -0.3 is 70.9 Å². The van der Waals surface area contributed by atoms with Crippen LogP contribution in [0.25, 0.3) is 0 Å². The Morgan fingerprint density at radius 1 is 0.593 bits per heavy atom. The van der Waals surface area contributed by atoms with Gasteiger partial charge in [0.2, 0.25) is 0 Å². The van der Waals surface area contributed by atoms with Gasteiger partial charge in [-0.25, -0.2) is 0 Å². The van der Waals surface area contributed by atoms with Gasteiger partial charge in [-0.3, -0.25) is 14.4 Å². The van der Waals surface area contributed by atoms with E-state index in [2.05, 4.69) is 70.3 Å². The quantitative estimate of drug-likeness (QED) is 0.0183. The van der Waals surface area contributed by atoms with Crippen LogP contribution in [0.2, 0.25) is 51.4 Å². The van der Waals surface area contributed by atoms with E-state index in [1.54, 1.807) is 6.92 Å². The molecule has 23 heteroatoms. The average Bonchev–Trinajstić information content (AvgIpc) is 3.09. The Bertz CT molecular complexity index is 1130. The summed E-state index contributed by atoms with van der Waals surface area (Å²) >= 11 is 0. The molecule has 0 fully saturated rings. The second kappa shape index (κ2) is 33.4. The lowest BCUT2D eigenvalue weighted by molar-refractivity contribution is 0.0369. The molecule has 0 saturated carbocycles. The lowest BCUT2D eigenvalue weighted by atomic mass is 10.3. The van der Waals surface area contributed by atoms with Crippen molar-refractivity contribution in [2.75, 3.05) is 137 Å². The molecule has 0 heterocycles. The van der Waals surface area contributed by atoms with Crippen molar-refractivity contribution in [2.24, 2.45) is 11.5 Å². The van der Waals surface area contributed by atoms with Crippen molar-refractivity contribution >= 4 is 35.3 Å². The van der Waals surface area contributed by atoms with Gasteiger partial charge in [-0.05, 0) is 71.1 Å². The van der Waals surface area contributed by atoms with Crippen molar-refractivity contribution in [1.29, 1.82) is 0 Å². The highest BCUT2D eigenvalue weighted by Crippen LogP contribution is 2.26. The molecule has 0 aliphatic heterocycles. The van der Waals surface area contributed by atoms with Crippen LogP contribution in [0.15, 0.2) is 0 Å². The monoisotopic (exact) mass is 925 g/mol. The fraction of sp³-hybridized carbons (Fsp3) is 1.00. The average molecular weight is 925 g/mol. The van der Waals surface area contributed by atoms with E-state index in [0.717, 1.165) is 57.7 Å². The number of nitrogens with zero attached hydrogens (tertiary/aromatic N) is 2. The first kappa shape index (κ1) is 58.9. The summed E-state index contributed by atoms with van der Waals surface area (Å²) in [7, 11) is -10.6. The SMILES string of the molecule is CC(O)CNCCN(CCN)CCNCC(O)COCCC[Si](C)(C)O[Si](C)(C)O[Si](C)(C)CCCOCC(O)CNCCN(CCN)CCNCC(O)CS(=O)(=O)O. The maximum atomic E-state index is 10.9. The van der Waals surface area contributed by atoms with E-state index in [4.69, 9.17) is 33.7 Å². The zero-order valence-corrected chi connectivity index (χ0v) is 41.4. The minimum atomic E-state index is -4.22. The van der Waals surface area contributed by atoms with Crippen molar-refractivity contribution in [3.63, 3.8) is 0 Å². The van der Waals surface area contributed by atoms with Crippen LogP contribution in [-0.2, 0) is 27.8 Å². The minimum Gasteiger partial charge on any atom is -0.437 e. The third-order valence-corrected chi connectivity index (χ3v) is 21.4. The van der Waals surface area contributed by atoms with Crippen LogP contribution >= 0.6 is 0 Å². The summed E-state index contributed by atoms with van der Waals surface area (Å²) in [5, 5.41) is 52.6. The van der Waals surface area contributed by atoms with Crippen molar-refractivity contribution < 1.29 is 51.1 Å². The fourth-order valence-corrected chi connectivity index (χ4v) is 21.2. The summed E-state index contributed by atoms with van der Waals surface area (Å²) in [5.74, 6) is -0.704. The van der Waals surface area contributed by atoms with Crippen LogP contribution in [0.1, 0.15) is 19.8 Å². The molecule has 0 radical (unpaired) electrons. The summed E-state index contributed by atoms with van der Waals surface area (Å²) in [5.41, 5.74) is 11.5. The molecule has 0 aromatic carbocycles. The second-order valence-corrected chi connectivity index (χ2v) is 31.1. The highest BCUT2D eigenvalue weighted by Gasteiger charge is 2.39. The number of hydrogen-bond acceptors (Lipinski definition) is 18. The van der Waals surface area contributed by atoms with Crippen LogP contribution in [0.5, 0.6) is 0 Å². The number of nitrogens with one attached hydrogen (secondary N) is 4. The van der Waals surface area contributed by atoms with Crippen molar-refractivity contribution in [2.45, 2.75) is 95.6 Å². The van der Waals surface area contributed by atoms with Crippen LogP contribution in [0, 0.1) is 0 Å². The van der Waals surface area contributed by atoms with E-state index in [-0.39, 0.29) is 25.9 Å². The first-order valence-corrected chi connectivity index (χ1v) is 32.1. The van der Waals surface area contributed by atoms with Crippen LogP contribution in [0.3, 0.4) is 0 Å². The molecular formula is C36H88N8O11SSi3. The first-order valence-electron chi connectivity index (χ1n) is 21.5. The number of rotatable bonds is 42.